The van der Waals surface area contributed by atoms with E-state index in [0.29, 0.717) is 5.02 Å². The zero-order chi connectivity index (χ0) is 10.9. The number of aryl methyl sites for hydroxylation is 2. The van der Waals surface area contributed by atoms with Crippen molar-refractivity contribution >= 4 is 11.6 Å². The molecule has 0 aliphatic carbocycles. The second-order valence-corrected chi connectivity index (χ2v) is 4.11. The summed E-state index contributed by atoms with van der Waals surface area (Å²) in [5.41, 5.74) is 8.34. The zero-order valence-electron chi connectivity index (χ0n) is 8.71. The predicted octanol–water partition coefficient (Wildman–Crippen LogP) is 2.34. The topological polar surface area (TPSA) is 46.2 Å². The van der Waals surface area contributed by atoms with Crippen molar-refractivity contribution in [2.45, 2.75) is 32.9 Å². The number of hydrogen-bond donors (Lipinski definition) is 2. The maximum absolute atomic E-state index is 9.87. The zero-order valence-corrected chi connectivity index (χ0v) is 9.47. The van der Waals surface area contributed by atoms with Crippen LogP contribution in [0.15, 0.2) is 12.1 Å². The summed E-state index contributed by atoms with van der Waals surface area (Å²) in [6.07, 6.45) is -0.692. The Morgan fingerprint density at radius 3 is 2.29 bits per heavy atom. The summed E-state index contributed by atoms with van der Waals surface area (Å²) < 4.78 is 0. The highest BCUT2D eigenvalue weighted by Gasteiger charge is 2.18. The summed E-state index contributed by atoms with van der Waals surface area (Å²) in [4.78, 5) is 0. The Morgan fingerprint density at radius 1 is 1.29 bits per heavy atom. The van der Waals surface area contributed by atoms with Gasteiger partial charge in [-0.3, -0.25) is 0 Å². The van der Waals surface area contributed by atoms with Gasteiger partial charge in [-0.1, -0.05) is 23.7 Å². The van der Waals surface area contributed by atoms with Crippen LogP contribution in [-0.2, 0) is 0 Å². The Kier molecular flexibility index (Phi) is 3.53. The molecule has 2 atom stereocenters. The van der Waals surface area contributed by atoms with Gasteiger partial charge in [-0.25, -0.2) is 0 Å². The maximum atomic E-state index is 9.87. The molecule has 0 fully saturated rings. The molecular weight excluding hydrogens is 198 g/mol. The van der Waals surface area contributed by atoms with Crippen molar-refractivity contribution in [1.82, 2.24) is 0 Å². The SMILES string of the molecule is Cc1ccc(C)c(C(O)C(C)N)c1Cl. The molecule has 0 bridgehead atoms. The van der Waals surface area contributed by atoms with Gasteiger partial charge in [-0.2, -0.15) is 0 Å². The molecule has 1 rings (SSSR count). The van der Waals surface area contributed by atoms with Crippen LogP contribution in [0.1, 0.15) is 29.7 Å². The van der Waals surface area contributed by atoms with E-state index in [9.17, 15) is 5.11 Å². The van der Waals surface area contributed by atoms with Gasteiger partial charge in [0.2, 0.25) is 0 Å². The molecule has 2 nitrogen and oxygen atoms in total. The van der Waals surface area contributed by atoms with Gasteiger partial charge in [-0.05, 0) is 31.9 Å². The first-order valence-corrected chi connectivity index (χ1v) is 5.02. The van der Waals surface area contributed by atoms with Gasteiger partial charge in [0.1, 0.15) is 0 Å². The van der Waals surface area contributed by atoms with E-state index in [2.05, 4.69) is 0 Å². The average Bonchev–Trinajstić information content (AvgIpc) is 2.12. The van der Waals surface area contributed by atoms with Crippen molar-refractivity contribution in [1.29, 1.82) is 0 Å². The summed E-state index contributed by atoms with van der Waals surface area (Å²) in [6, 6.07) is 3.57. The first kappa shape index (κ1) is 11.5. The molecule has 0 spiro atoms. The molecule has 0 aliphatic rings. The molecule has 0 saturated carbocycles. The maximum Gasteiger partial charge on any atom is 0.0955 e. The lowest BCUT2D eigenvalue weighted by Gasteiger charge is -2.19. The van der Waals surface area contributed by atoms with Crippen molar-refractivity contribution in [2.24, 2.45) is 5.73 Å². The second-order valence-electron chi connectivity index (χ2n) is 3.73. The van der Waals surface area contributed by atoms with Gasteiger partial charge in [-0.15, -0.1) is 0 Å². The molecule has 1 aromatic rings. The molecule has 0 heterocycles. The predicted molar refractivity (Wildman–Crippen MR) is 59.5 cm³/mol. The third-order valence-corrected chi connectivity index (χ3v) is 2.89. The lowest BCUT2D eigenvalue weighted by Crippen LogP contribution is -2.25. The number of aliphatic hydroxyl groups excluding tert-OH is 1. The Morgan fingerprint density at radius 2 is 1.79 bits per heavy atom. The average molecular weight is 214 g/mol. The van der Waals surface area contributed by atoms with Crippen LogP contribution in [0.4, 0.5) is 0 Å². The lowest BCUT2D eigenvalue weighted by molar-refractivity contribution is 0.152. The Hall–Kier alpha value is -0.570. The van der Waals surface area contributed by atoms with Crippen LogP contribution in [-0.4, -0.2) is 11.1 Å². The van der Waals surface area contributed by atoms with Crippen molar-refractivity contribution < 1.29 is 5.11 Å². The first-order valence-electron chi connectivity index (χ1n) is 4.64. The van der Waals surface area contributed by atoms with Crippen molar-refractivity contribution in [2.75, 3.05) is 0 Å². The van der Waals surface area contributed by atoms with Crippen LogP contribution in [0, 0.1) is 13.8 Å². The van der Waals surface area contributed by atoms with Crippen LogP contribution in [0.3, 0.4) is 0 Å². The summed E-state index contributed by atoms with van der Waals surface area (Å²) in [5, 5.41) is 10.5. The molecule has 0 saturated heterocycles. The fraction of sp³-hybridized carbons (Fsp3) is 0.455. The van der Waals surface area contributed by atoms with Gasteiger partial charge >= 0.3 is 0 Å². The molecular formula is C11H16ClNO. The highest BCUT2D eigenvalue weighted by molar-refractivity contribution is 6.32. The minimum Gasteiger partial charge on any atom is -0.387 e. The van der Waals surface area contributed by atoms with E-state index >= 15 is 0 Å². The van der Waals surface area contributed by atoms with Gasteiger partial charge < -0.3 is 10.8 Å². The number of benzene rings is 1. The molecule has 1 aromatic carbocycles. The van der Waals surface area contributed by atoms with E-state index < -0.39 is 6.10 Å². The minimum atomic E-state index is -0.692. The van der Waals surface area contributed by atoms with Crippen LogP contribution < -0.4 is 5.73 Å². The van der Waals surface area contributed by atoms with Crippen molar-refractivity contribution in [3.63, 3.8) is 0 Å². The van der Waals surface area contributed by atoms with Gasteiger partial charge in [0.05, 0.1) is 6.10 Å². The van der Waals surface area contributed by atoms with E-state index in [1.54, 1.807) is 6.92 Å². The normalized spacial score (nSPS) is 15.3. The number of nitrogens with two attached hydrogens (primary N) is 1. The first-order chi connectivity index (χ1) is 6.45. The quantitative estimate of drug-likeness (QED) is 0.792. The molecule has 2 unspecified atom stereocenters. The standard InChI is InChI=1S/C11H16ClNO/c1-6-4-5-7(2)10(12)9(6)11(14)8(3)13/h4-5,8,11,14H,13H2,1-3H3. The molecule has 3 heteroatoms. The molecule has 14 heavy (non-hydrogen) atoms. The van der Waals surface area contributed by atoms with Gasteiger partial charge in [0, 0.05) is 16.6 Å². The van der Waals surface area contributed by atoms with Crippen LogP contribution in [0.25, 0.3) is 0 Å². The smallest absolute Gasteiger partial charge is 0.0955 e. The second kappa shape index (κ2) is 4.30. The fourth-order valence-electron chi connectivity index (χ4n) is 1.42. The molecule has 0 aliphatic heterocycles. The minimum absolute atomic E-state index is 0.312. The summed E-state index contributed by atoms with van der Waals surface area (Å²) in [6.45, 7) is 5.61. The number of rotatable bonds is 2. The highest BCUT2D eigenvalue weighted by atomic mass is 35.5. The monoisotopic (exact) mass is 213 g/mol. The third kappa shape index (κ3) is 2.08. The summed E-state index contributed by atoms with van der Waals surface area (Å²) in [5.74, 6) is 0. The van der Waals surface area contributed by atoms with E-state index in [-0.39, 0.29) is 6.04 Å². The van der Waals surface area contributed by atoms with E-state index in [1.165, 1.54) is 0 Å². The summed E-state index contributed by atoms with van der Waals surface area (Å²) >= 11 is 6.12. The third-order valence-electron chi connectivity index (χ3n) is 2.38. The highest BCUT2D eigenvalue weighted by Crippen LogP contribution is 2.30. The van der Waals surface area contributed by atoms with Gasteiger partial charge in [0.25, 0.3) is 0 Å². The number of hydrogen-bond acceptors (Lipinski definition) is 2. The number of halogens is 1. The van der Waals surface area contributed by atoms with Gasteiger partial charge in [0.15, 0.2) is 0 Å². The molecule has 78 valence electrons. The largest absolute Gasteiger partial charge is 0.387 e. The van der Waals surface area contributed by atoms with E-state index in [1.807, 2.05) is 26.0 Å². The summed E-state index contributed by atoms with van der Waals surface area (Å²) in [7, 11) is 0. The molecule has 0 aromatic heterocycles. The van der Waals surface area contributed by atoms with Crippen molar-refractivity contribution in [3.05, 3.63) is 33.8 Å². The Balaban J connectivity index is 3.25. The Labute approximate surface area is 89.7 Å². The van der Waals surface area contributed by atoms with Crippen LogP contribution in [0.2, 0.25) is 5.02 Å². The number of aliphatic hydroxyl groups is 1. The molecule has 3 N–H and O–H groups in total. The fourth-order valence-corrected chi connectivity index (χ4v) is 1.75. The van der Waals surface area contributed by atoms with Crippen LogP contribution in [0.5, 0.6) is 0 Å². The van der Waals surface area contributed by atoms with E-state index in [4.69, 9.17) is 17.3 Å². The molecule has 0 amide bonds. The molecule has 0 radical (unpaired) electrons. The van der Waals surface area contributed by atoms with Crippen molar-refractivity contribution in [3.8, 4) is 0 Å². The Bertz CT molecular complexity index is 336. The van der Waals surface area contributed by atoms with Crippen LogP contribution >= 0.6 is 11.6 Å². The van der Waals surface area contributed by atoms with E-state index in [0.717, 1.165) is 16.7 Å². The lowest BCUT2D eigenvalue weighted by atomic mass is 9.97.